The number of aryl methyl sites for hydroxylation is 1. The number of allylic oxidation sites excluding steroid dienone is 4. The second-order valence-electron chi connectivity index (χ2n) is 12.6. The number of nitrogens with zero attached hydrogens (tertiary/aromatic N) is 1. The van der Waals surface area contributed by atoms with Crippen molar-refractivity contribution in [1.29, 1.82) is 0 Å². The molecule has 0 aliphatic carbocycles. The quantitative estimate of drug-likeness (QED) is 0.182. The Labute approximate surface area is 257 Å². The van der Waals surface area contributed by atoms with Crippen LogP contribution in [0.1, 0.15) is 109 Å². The van der Waals surface area contributed by atoms with E-state index < -0.39 is 0 Å². The molecule has 0 atom stereocenters. The molecule has 4 aromatic rings. The fourth-order valence-corrected chi connectivity index (χ4v) is 6.91. The molecule has 1 aliphatic rings. The maximum Gasteiger partial charge on any atom is 0.0748 e. The van der Waals surface area contributed by atoms with E-state index in [1.807, 2.05) is 11.3 Å². The van der Waals surface area contributed by atoms with Gasteiger partial charge in [-0.15, -0.1) is 11.3 Å². The summed E-state index contributed by atoms with van der Waals surface area (Å²) in [7, 11) is 0. The second kappa shape index (κ2) is 12.8. The van der Waals surface area contributed by atoms with Gasteiger partial charge in [0.05, 0.1) is 22.0 Å². The molecule has 5 rings (SSSR count). The number of benzene rings is 2. The number of aromatic nitrogens is 1. The lowest BCUT2D eigenvalue weighted by Gasteiger charge is -2.19. The second-order valence-corrected chi connectivity index (χ2v) is 13.5. The van der Waals surface area contributed by atoms with Crippen LogP contribution >= 0.6 is 11.3 Å². The van der Waals surface area contributed by atoms with E-state index in [0.29, 0.717) is 0 Å². The largest absolute Gasteiger partial charge is 0.353 e. The van der Waals surface area contributed by atoms with Gasteiger partial charge >= 0.3 is 0 Å². The third kappa shape index (κ3) is 6.03. The molecule has 3 heterocycles. The Morgan fingerprint density at radius 1 is 0.952 bits per heavy atom. The number of unbranched alkanes of at least 4 members (excludes halogenated alkanes) is 2. The molecule has 0 radical (unpaired) electrons. The van der Waals surface area contributed by atoms with Crippen LogP contribution < -0.4 is 0 Å². The van der Waals surface area contributed by atoms with E-state index in [0.717, 1.165) is 29.9 Å². The fourth-order valence-electron chi connectivity index (χ4n) is 5.94. The van der Waals surface area contributed by atoms with Crippen molar-refractivity contribution in [2.24, 2.45) is 4.99 Å². The Hall–Kier alpha value is -3.43. The van der Waals surface area contributed by atoms with Crippen LogP contribution in [0.2, 0.25) is 0 Å². The highest BCUT2D eigenvalue weighted by Crippen LogP contribution is 2.41. The summed E-state index contributed by atoms with van der Waals surface area (Å²) in [6.45, 7) is 15.8. The number of thiophene rings is 1. The van der Waals surface area contributed by atoms with Crippen LogP contribution in [0.25, 0.3) is 33.1 Å². The summed E-state index contributed by atoms with van der Waals surface area (Å²) in [6, 6.07) is 18.1. The number of H-pyrrole nitrogens is 1. The van der Waals surface area contributed by atoms with Crippen molar-refractivity contribution >= 4 is 39.6 Å². The highest BCUT2D eigenvalue weighted by Gasteiger charge is 2.24. The van der Waals surface area contributed by atoms with Crippen molar-refractivity contribution in [3.63, 3.8) is 0 Å². The van der Waals surface area contributed by atoms with Gasteiger partial charge in [0.1, 0.15) is 0 Å². The number of rotatable bonds is 10. The Morgan fingerprint density at radius 3 is 2.43 bits per heavy atom. The average molecular weight is 575 g/mol. The Bertz CT molecular complexity index is 1690. The van der Waals surface area contributed by atoms with Crippen LogP contribution in [0.15, 0.2) is 82.2 Å². The van der Waals surface area contributed by atoms with Gasteiger partial charge in [-0.25, -0.2) is 4.99 Å². The Balaban J connectivity index is 1.69. The lowest BCUT2D eigenvalue weighted by molar-refractivity contribution is 0.591. The van der Waals surface area contributed by atoms with E-state index in [9.17, 15) is 0 Å². The predicted octanol–water partition coefficient (Wildman–Crippen LogP) is 11.9. The molecule has 0 spiro atoms. The van der Waals surface area contributed by atoms with Gasteiger partial charge in [0, 0.05) is 27.6 Å². The first-order valence-electron chi connectivity index (χ1n) is 15.7. The smallest absolute Gasteiger partial charge is 0.0748 e. The minimum absolute atomic E-state index is 0.0811. The lowest BCUT2D eigenvalue weighted by Crippen LogP contribution is -2.10. The summed E-state index contributed by atoms with van der Waals surface area (Å²) in [6.07, 6.45) is 13.7. The van der Waals surface area contributed by atoms with Crippen molar-refractivity contribution in [2.45, 2.75) is 92.4 Å². The summed E-state index contributed by atoms with van der Waals surface area (Å²) in [5, 5.41) is 4.81. The fraction of sp³-hybridized carbons (Fsp3) is 0.359. The third-order valence-electron chi connectivity index (χ3n) is 8.45. The number of fused-ring (bicyclic) bond motifs is 2. The van der Waals surface area contributed by atoms with E-state index in [4.69, 9.17) is 4.99 Å². The topological polar surface area (TPSA) is 28.1 Å². The minimum Gasteiger partial charge on any atom is -0.353 e. The van der Waals surface area contributed by atoms with Gasteiger partial charge in [0.2, 0.25) is 0 Å². The summed E-state index contributed by atoms with van der Waals surface area (Å²) < 4.78 is 0. The van der Waals surface area contributed by atoms with Crippen LogP contribution in [0.3, 0.4) is 0 Å². The summed E-state index contributed by atoms with van der Waals surface area (Å²) >= 11 is 1.85. The molecule has 0 saturated heterocycles. The monoisotopic (exact) mass is 574 g/mol. The first kappa shape index (κ1) is 30.0. The number of aliphatic imine (C=N–C) groups is 1. The number of hydrogen-bond acceptors (Lipinski definition) is 2. The minimum atomic E-state index is 0.0811. The molecule has 0 fully saturated rings. The number of nitrogens with one attached hydrogen (secondary N) is 1. The summed E-state index contributed by atoms with van der Waals surface area (Å²) in [5.74, 6) is 0. The molecule has 0 amide bonds. The van der Waals surface area contributed by atoms with Crippen LogP contribution in [0.4, 0.5) is 0 Å². The molecule has 0 bridgehead atoms. The molecule has 218 valence electrons. The van der Waals surface area contributed by atoms with Crippen molar-refractivity contribution in [3.8, 4) is 10.6 Å². The zero-order valence-corrected chi connectivity index (χ0v) is 27.3. The molecule has 2 nitrogen and oxygen atoms in total. The van der Waals surface area contributed by atoms with Crippen LogP contribution in [-0.4, -0.2) is 10.7 Å². The Morgan fingerprint density at radius 2 is 1.71 bits per heavy atom. The van der Waals surface area contributed by atoms with E-state index in [1.54, 1.807) is 0 Å². The lowest BCUT2D eigenvalue weighted by atomic mass is 9.86. The maximum atomic E-state index is 5.32. The third-order valence-corrected chi connectivity index (χ3v) is 9.43. The Kier molecular flexibility index (Phi) is 9.18. The van der Waals surface area contributed by atoms with Gasteiger partial charge in [0.25, 0.3) is 0 Å². The maximum absolute atomic E-state index is 5.32. The standard InChI is InChI=1S/C39H46N2S/c1-8-11-16-27(15-10-3)26(4)36-32-19-14-13-18-30(32)34(40-36)25-35-31-21-20-29(39(5,6)7)24-33(31)37(41-35)38-28(17-12-9-2)22-23-42-38/h10,13-15,18-25,41H,8-9,11-12,16-17H2,1-7H3/b15-10-,27-26-,34-25?. The zero-order valence-electron chi connectivity index (χ0n) is 26.5. The van der Waals surface area contributed by atoms with E-state index in [-0.39, 0.29) is 5.41 Å². The first-order valence-corrected chi connectivity index (χ1v) is 16.6. The summed E-state index contributed by atoms with van der Waals surface area (Å²) in [5.41, 5.74) is 12.5. The van der Waals surface area contributed by atoms with Crippen molar-refractivity contribution in [2.75, 3.05) is 0 Å². The number of aromatic amines is 1. The SMILES string of the molecule is C/C=C\C(CCCC)=C(/C)C1=NC(=Cc2[nH]c(-c3sccc3CCCC)c3cc(C(C)(C)C)ccc23)c2ccccc21. The normalized spacial score (nSPS) is 15.1. The van der Waals surface area contributed by atoms with Gasteiger partial charge in [-0.1, -0.05) is 96.0 Å². The van der Waals surface area contributed by atoms with Crippen LogP contribution in [0, 0.1) is 0 Å². The van der Waals surface area contributed by atoms with Gasteiger partial charge < -0.3 is 4.98 Å². The summed E-state index contributed by atoms with van der Waals surface area (Å²) in [4.78, 5) is 10.6. The van der Waals surface area contributed by atoms with Crippen molar-refractivity contribution in [1.82, 2.24) is 4.98 Å². The van der Waals surface area contributed by atoms with E-state index >= 15 is 0 Å². The molecule has 2 aromatic carbocycles. The van der Waals surface area contributed by atoms with Crippen molar-refractivity contribution < 1.29 is 0 Å². The molecule has 42 heavy (non-hydrogen) atoms. The predicted molar refractivity (Wildman–Crippen MR) is 187 cm³/mol. The van der Waals surface area contributed by atoms with Gasteiger partial charge in [-0.05, 0) is 90.8 Å². The molecule has 1 aliphatic heterocycles. The molecule has 0 saturated carbocycles. The molecular weight excluding hydrogens is 529 g/mol. The zero-order chi connectivity index (χ0) is 29.9. The molecular formula is C39H46N2S. The highest BCUT2D eigenvalue weighted by molar-refractivity contribution is 7.13. The molecule has 3 heteroatoms. The van der Waals surface area contributed by atoms with E-state index in [2.05, 4.69) is 126 Å². The van der Waals surface area contributed by atoms with Gasteiger partial charge in [0.15, 0.2) is 0 Å². The number of hydrogen-bond donors (Lipinski definition) is 1. The van der Waals surface area contributed by atoms with Crippen molar-refractivity contribution in [3.05, 3.63) is 105 Å². The van der Waals surface area contributed by atoms with Crippen LogP contribution in [-0.2, 0) is 11.8 Å². The average Bonchev–Trinajstić information content (AvgIpc) is 3.69. The molecule has 2 aromatic heterocycles. The van der Waals surface area contributed by atoms with Gasteiger partial charge in [-0.2, -0.15) is 0 Å². The molecule has 1 N–H and O–H groups in total. The first-order chi connectivity index (χ1) is 20.3. The highest BCUT2D eigenvalue weighted by atomic mass is 32.1. The van der Waals surface area contributed by atoms with Gasteiger partial charge in [-0.3, -0.25) is 0 Å². The molecule has 0 unspecified atom stereocenters. The van der Waals surface area contributed by atoms with E-state index in [1.165, 1.54) is 80.4 Å². The van der Waals surface area contributed by atoms with Crippen LogP contribution in [0.5, 0.6) is 0 Å².